The number of hydrogen-bond acceptors (Lipinski definition) is 5. The lowest BCUT2D eigenvalue weighted by Gasteiger charge is -2.34. The summed E-state index contributed by atoms with van der Waals surface area (Å²) in [7, 11) is 0. The van der Waals surface area contributed by atoms with E-state index in [0.717, 1.165) is 43.1 Å². The van der Waals surface area contributed by atoms with Gasteiger partial charge in [-0.2, -0.15) is 8.73 Å². The SMILES string of the molecule is Cl.O=C(CN1CCC2NCCC2C1)Nc1cccc2c1N=S=N2. The van der Waals surface area contributed by atoms with Crippen molar-refractivity contribution in [3.05, 3.63) is 18.2 Å². The van der Waals surface area contributed by atoms with E-state index in [9.17, 15) is 4.79 Å². The molecule has 0 bridgehead atoms. The molecule has 2 fully saturated rings. The number of benzene rings is 1. The average molecular weight is 354 g/mol. The fourth-order valence-corrected chi connectivity index (χ4v) is 4.12. The molecule has 3 heterocycles. The van der Waals surface area contributed by atoms with Crippen LogP contribution >= 0.6 is 12.4 Å². The van der Waals surface area contributed by atoms with Crippen LogP contribution in [0.15, 0.2) is 26.9 Å². The zero-order valence-corrected chi connectivity index (χ0v) is 14.3. The van der Waals surface area contributed by atoms with Crippen LogP contribution in [-0.4, -0.2) is 43.0 Å². The molecule has 0 radical (unpaired) electrons. The Balaban J connectivity index is 0.00000156. The van der Waals surface area contributed by atoms with Crippen LogP contribution < -0.4 is 10.6 Å². The van der Waals surface area contributed by atoms with Gasteiger partial charge in [0, 0.05) is 19.1 Å². The Bertz CT molecular complexity index is 676. The minimum atomic E-state index is 0. The van der Waals surface area contributed by atoms with E-state index < -0.39 is 0 Å². The van der Waals surface area contributed by atoms with Crippen LogP contribution in [0.1, 0.15) is 12.8 Å². The van der Waals surface area contributed by atoms with Gasteiger partial charge in [-0.05, 0) is 37.4 Å². The van der Waals surface area contributed by atoms with Crippen molar-refractivity contribution in [1.29, 1.82) is 0 Å². The van der Waals surface area contributed by atoms with E-state index in [1.54, 1.807) is 0 Å². The van der Waals surface area contributed by atoms with Crippen LogP contribution in [0.25, 0.3) is 0 Å². The lowest BCUT2D eigenvalue weighted by Crippen LogP contribution is -2.46. The number of nitrogens with zero attached hydrogens (tertiary/aromatic N) is 3. The summed E-state index contributed by atoms with van der Waals surface area (Å²) in [6.07, 6.45) is 2.37. The van der Waals surface area contributed by atoms with Crippen LogP contribution in [0, 0.1) is 5.92 Å². The zero-order chi connectivity index (χ0) is 14.9. The van der Waals surface area contributed by atoms with Gasteiger partial charge in [0.1, 0.15) is 11.4 Å². The summed E-state index contributed by atoms with van der Waals surface area (Å²) in [6, 6.07) is 6.35. The number of rotatable bonds is 3. The number of halogens is 1. The van der Waals surface area contributed by atoms with E-state index >= 15 is 0 Å². The standard InChI is InChI=1S/C15H19N5OS.ClH/c21-14(9-20-7-5-11-10(8-20)4-6-16-11)17-12-2-1-3-13-15(12)19-22-18-13;/h1-3,10-11,16H,4-9H2,(H,17,21);1H. The monoisotopic (exact) mass is 353 g/mol. The van der Waals surface area contributed by atoms with Crippen molar-refractivity contribution in [3.8, 4) is 0 Å². The van der Waals surface area contributed by atoms with Gasteiger partial charge in [0.05, 0.1) is 23.6 Å². The number of fused-ring (bicyclic) bond motifs is 2. The fourth-order valence-electron chi connectivity index (χ4n) is 3.57. The highest BCUT2D eigenvalue weighted by Gasteiger charge is 2.33. The van der Waals surface area contributed by atoms with Crippen LogP contribution in [0.4, 0.5) is 17.1 Å². The van der Waals surface area contributed by atoms with Crippen LogP contribution in [0.5, 0.6) is 0 Å². The largest absolute Gasteiger partial charge is 0.323 e. The van der Waals surface area contributed by atoms with E-state index in [1.807, 2.05) is 18.2 Å². The smallest absolute Gasteiger partial charge is 0.238 e. The van der Waals surface area contributed by atoms with Crippen LogP contribution in [0.3, 0.4) is 0 Å². The predicted octanol–water partition coefficient (Wildman–Crippen LogP) is 2.46. The molecule has 1 aromatic carbocycles. The normalized spacial score (nSPS) is 25.2. The maximum atomic E-state index is 12.3. The van der Waals surface area contributed by atoms with Crippen molar-refractivity contribution in [2.75, 3.05) is 31.5 Å². The van der Waals surface area contributed by atoms with Crippen LogP contribution in [0.2, 0.25) is 0 Å². The first kappa shape index (κ1) is 16.6. The van der Waals surface area contributed by atoms with Gasteiger partial charge >= 0.3 is 0 Å². The molecular weight excluding hydrogens is 334 g/mol. The second-order valence-electron chi connectivity index (χ2n) is 6.12. The van der Waals surface area contributed by atoms with Gasteiger partial charge in [0.25, 0.3) is 0 Å². The van der Waals surface area contributed by atoms with Crippen molar-refractivity contribution in [3.63, 3.8) is 0 Å². The molecule has 2 saturated heterocycles. The highest BCUT2D eigenvalue weighted by Crippen LogP contribution is 2.38. The first-order chi connectivity index (χ1) is 10.8. The molecule has 2 atom stereocenters. The van der Waals surface area contributed by atoms with E-state index in [-0.39, 0.29) is 18.3 Å². The Labute approximate surface area is 145 Å². The quantitative estimate of drug-likeness (QED) is 0.890. The maximum Gasteiger partial charge on any atom is 0.238 e. The van der Waals surface area contributed by atoms with Gasteiger partial charge in [-0.15, -0.1) is 12.4 Å². The number of amides is 1. The van der Waals surface area contributed by atoms with E-state index in [4.69, 9.17) is 0 Å². The number of carbonyl (C=O) groups excluding carboxylic acids is 1. The Hall–Kier alpha value is -1.28. The minimum Gasteiger partial charge on any atom is -0.323 e. The number of piperidine rings is 1. The maximum absolute atomic E-state index is 12.3. The third-order valence-corrected chi connectivity index (χ3v) is 5.21. The number of carbonyl (C=O) groups is 1. The summed E-state index contributed by atoms with van der Waals surface area (Å²) >= 11 is 1.17. The lowest BCUT2D eigenvalue weighted by molar-refractivity contribution is -0.117. The third kappa shape index (κ3) is 3.47. The Morgan fingerprint density at radius 3 is 3.22 bits per heavy atom. The lowest BCUT2D eigenvalue weighted by atomic mass is 9.93. The molecule has 8 heteroatoms. The van der Waals surface area contributed by atoms with Gasteiger partial charge in [-0.25, -0.2) is 0 Å². The molecule has 2 unspecified atom stereocenters. The molecule has 3 aliphatic rings. The molecule has 0 aliphatic carbocycles. The molecule has 3 aliphatic heterocycles. The molecule has 0 aromatic heterocycles. The van der Waals surface area contributed by atoms with E-state index in [0.29, 0.717) is 18.5 Å². The zero-order valence-electron chi connectivity index (χ0n) is 12.7. The second-order valence-corrected chi connectivity index (χ2v) is 6.65. The van der Waals surface area contributed by atoms with Gasteiger partial charge in [-0.1, -0.05) is 6.07 Å². The highest BCUT2D eigenvalue weighted by atomic mass is 35.5. The summed E-state index contributed by atoms with van der Waals surface area (Å²) in [6.45, 7) is 3.59. The predicted molar refractivity (Wildman–Crippen MR) is 94.8 cm³/mol. The number of anilines is 1. The number of hydrogen-bond donors (Lipinski definition) is 2. The summed E-state index contributed by atoms with van der Waals surface area (Å²) in [5.74, 6) is 0.734. The number of nitrogens with one attached hydrogen (secondary N) is 2. The third-order valence-electron chi connectivity index (χ3n) is 4.67. The Morgan fingerprint density at radius 1 is 1.39 bits per heavy atom. The van der Waals surface area contributed by atoms with Crippen molar-refractivity contribution >= 4 is 46.7 Å². The molecule has 23 heavy (non-hydrogen) atoms. The van der Waals surface area contributed by atoms with E-state index in [1.165, 1.54) is 17.8 Å². The molecule has 4 rings (SSSR count). The summed E-state index contributed by atoms with van der Waals surface area (Å²) in [5.41, 5.74) is 2.37. The molecule has 124 valence electrons. The first-order valence-corrected chi connectivity index (χ1v) is 8.49. The van der Waals surface area contributed by atoms with Gasteiger partial charge < -0.3 is 10.6 Å². The Morgan fingerprint density at radius 2 is 2.30 bits per heavy atom. The topological polar surface area (TPSA) is 69.1 Å². The second kappa shape index (κ2) is 7.09. The van der Waals surface area contributed by atoms with Gasteiger partial charge in [0.2, 0.25) is 5.91 Å². The highest BCUT2D eigenvalue weighted by molar-refractivity contribution is 7.58. The van der Waals surface area contributed by atoms with Crippen molar-refractivity contribution in [1.82, 2.24) is 10.2 Å². The van der Waals surface area contributed by atoms with E-state index in [2.05, 4.69) is 24.3 Å². The summed E-state index contributed by atoms with van der Waals surface area (Å²) in [5, 5.41) is 6.53. The molecule has 2 N–H and O–H groups in total. The van der Waals surface area contributed by atoms with Crippen molar-refractivity contribution < 1.29 is 4.79 Å². The first-order valence-electron chi connectivity index (χ1n) is 7.76. The molecule has 0 spiro atoms. The number of likely N-dealkylation sites (tertiary alicyclic amines) is 1. The van der Waals surface area contributed by atoms with Crippen molar-refractivity contribution in [2.45, 2.75) is 18.9 Å². The minimum absolute atomic E-state index is 0. The fraction of sp³-hybridized carbons (Fsp3) is 0.533. The molecule has 1 amide bonds. The summed E-state index contributed by atoms with van der Waals surface area (Å²) < 4.78 is 8.46. The average Bonchev–Trinajstić information content (AvgIpc) is 3.15. The molecular formula is C15H20ClN5OS. The van der Waals surface area contributed by atoms with Gasteiger partial charge in [0.15, 0.2) is 0 Å². The molecule has 1 aromatic rings. The molecule has 6 nitrogen and oxygen atoms in total. The molecule has 0 saturated carbocycles. The van der Waals surface area contributed by atoms with Gasteiger partial charge in [-0.3, -0.25) is 9.69 Å². The summed E-state index contributed by atoms with van der Waals surface area (Å²) in [4.78, 5) is 14.6. The Kier molecular flexibility index (Phi) is 5.11. The van der Waals surface area contributed by atoms with Crippen molar-refractivity contribution in [2.24, 2.45) is 14.6 Å². The van der Waals surface area contributed by atoms with Crippen LogP contribution in [-0.2, 0) is 16.1 Å².